The van der Waals surface area contributed by atoms with Crippen LogP contribution in [0.5, 0.6) is 0 Å². The van der Waals surface area contributed by atoms with E-state index in [0.29, 0.717) is 5.89 Å². The van der Waals surface area contributed by atoms with Crippen molar-refractivity contribution in [2.45, 2.75) is 30.7 Å². The molecule has 22 heavy (non-hydrogen) atoms. The summed E-state index contributed by atoms with van der Waals surface area (Å²) in [6, 6.07) is 3.84. The monoisotopic (exact) mass is 316 g/mol. The summed E-state index contributed by atoms with van der Waals surface area (Å²) in [6.07, 6.45) is 4.27. The van der Waals surface area contributed by atoms with Crippen LogP contribution in [0.15, 0.2) is 34.2 Å². The van der Waals surface area contributed by atoms with Crippen molar-refractivity contribution in [3.8, 4) is 11.4 Å². The second-order valence-corrected chi connectivity index (χ2v) is 6.08. The molecule has 7 nitrogen and oxygen atoms in total. The quantitative estimate of drug-likeness (QED) is 0.669. The summed E-state index contributed by atoms with van der Waals surface area (Å²) < 4.78 is 7.21. The Balaban J connectivity index is 1.80. The van der Waals surface area contributed by atoms with Crippen molar-refractivity contribution in [1.29, 1.82) is 0 Å². The van der Waals surface area contributed by atoms with E-state index in [-0.39, 0.29) is 5.25 Å². The van der Waals surface area contributed by atoms with Gasteiger partial charge in [0.15, 0.2) is 16.8 Å². The van der Waals surface area contributed by atoms with Crippen LogP contribution in [-0.4, -0.2) is 29.9 Å². The number of nitrogens with zero attached hydrogens (tertiary/aromatic N) is 6. The zero-order valence-corrected chi connectivity index (χ0v) is 13.4. The van der Waals surface area contributed by atoms with Crippen LogP contribution >= 0.6 is 11.8 Å². The molecule has 0 saturated carbocycles. The normalized spacial score (nSPS) is 12.5. The molecule has 0 saturated heterocycles. The fourth-order valence-electron chi connectivity index (χ4n) is 1.95. The second-order valence-electron chi connectivity index (χ2n) is 4.77. The van der Waals surface area contributed by atoms with Crippen molar-refractivity contribution < 1.29 is 4.52 Å². The molecule has 0 aromatic carbocycles. The van der Waals surface area contributed by atoms with Crippen LogP contribution in [0.25, 0.3) is 11.4 Å². The molecule has 3 aromatic heterocycles. The molecule has 0 amide bonds. The molecular formula is C14H16N6OS. The van der Waals surface area contributed by atoms with Gasteiger partial charge < -0.3 is 9.09 Å². The molecule has 0 radical (unpaired) electrons. The van der Waals surface area contributed by atoms with Gasteiger partial charge in [0, 0.05) is 31.4 Å². The molecule has 0 unspecified atom stereocenters. The first-order valence-corrected chi connectivity index (χ1v) is 7.86. The van der Waals surface area contributed by atoms with Gasteiger partial charge >= 0.3 is 0 Å². The minimum absolute atomic E-state index is 0.0115. The Labute approximate surface area is 132 Å². The second kappa shape index (κ2) is 6.27. The molecule has 3 rings (SSSR count). The Hall–Kier alpha value is -2.22. The number of aryl methyl sites for hydroxylation is 1. The molecule has 0 bridgehead atoms. The largest absolute Gasteiger partial charge is 0.338 e. The smallest absolute Gasteiger partial charge is 0.239 e. The number of hydrogen-bond donors (Lipinski definition) is 0. The highest BCUT2D eigenvalue weighted by Gasteiger charge is 2.19. The Bertz CT molecular complexity index is 754. The van der Waals surface area contributed by atoms with Crippen molar-refractivity contribution in [3.05, 3.63) is 36.2 Å². The standard InChI is InChI=1S/C14H16N6OS/c1-4-11-16-13(21-19-11)9(2)22-14-18-17-12(20(14)3)10-6-5-7-15-8-10/h5-9H,4H2,1-3H3/t9-/m0/s1. The van der Waals surface area contributed by atoms with E-state index in [4.69, 9.17) is 4.52 Å². The predicted molar refractivity (Wildman–Crippen MR) is 82.2 cm³/mol. The lowest BCUT2D eigenvalue weighted by Crippen LogP contribution is -1.97. The van der Waals surface area contributed by atoms with Gasteiger partial charge in [-0.2, -0.15) is 4.98 Å². The SMILES string of the molecule is CCc1noc([C@H](C)Sc2nnc(-c3cccnc3)n2C)n1. The number of hydrogen-bond acceptors (Lipinski definition) is 7. The molecule has 3 heterocycles. The molecule has 0 fully saturated rings. The van der Waals surface area contributed by atoms with Gasteiger partial charge in [0.2, 0.25) is 5.89 Å². The molecule has 114 valence electrons. The first kappa shape index (κ1) is 14.7. The molecule has 0 aliphatic heterocycles. The average Bonchev–Trinajstić information content (AvgIpc) is 3.16. The van der Waals surface area contributed by atoms with E-state index in [2.05, 4.69) is 25.3 Å². The summed E-state index contributed by atoms with van der Waals surface area (Å²) >= 11 is 1.54. The summed E-state index contributed by atoms with van der Waals surface area (Å²) in [6.45, 7) is 4.01. The minimum Gasteiger partial charge on any atom is -0.338 e. The predicted octanol–water partition coefficient (Wildman–Crippen LogP) is 2.68. The fraction of sp³-hybridized carbons (Fsp3) is 0.357. The highest BCUT2D eigenvalue weighted by molar-refractivity contribution is 7.99. The van der Waals surface area contributed by atoms with E-state index in [1.54, 1.807) is 12.4 Å². The van der Waals surface area contributed by atoms with Gasteiger partial charge in [-0.15, -0.1) is 10.2 Å². The molecule has 0 aliphatic rings. The summed E-state index contributed by atoms with van der Waals surface area (Å²) in [5.74, 6) is 2.10. The van der Waals surface area contributed by atoms with Crippen LogP contribution in [0.3, 0.4) is 0 Å². The molecular weight excluding hydrogens is 300 g/mol. The molecule has 0 N–H and O–H groups in total. The van der Waals surface area contributed by atoms with Crippen LogP contribution < -0.4 is 0 Å². The number of pyridine rings is 1. The van der Waals surface area contributed by atoms with E-state index >= 15 is 0 Å². The Morgan fingerprint density at radius 3 is 2.91 bits per heavy atom. The highest BCUT2D eigenvalue weighted by Crippen LogP contribution is 2.33. The zero-order valence-electron chi connectivity index (χ0n) is 12.6. The van der Waals surface area contributed by atoms with Gasteiger partial charge in [-0.3, -0.25) is 4.98 Å². The first-order valence-electron chi connectivity index (χ1n) is 6.98. The maximum absolute atomic E-state index is 5.27. The van der Waals surface area contributed by atoms with Crippen LogP contribution in [0.1, 0.15) is 30.8 Å². The van der Waals surface area contributed by atoms with Crippen molar-refractivity contribution in [2.75, 3.05) is 0 Å². The lowest BCUT2D eigenvalue weighted by atomic mass is 10.3. The van der Waals surface area contributed by atoms with Crippen LogP contribution in [0.4, 0.5) is 0 Å². The van der Waals surface area contributed by atoms with Crippen molar-refractivity contribution >= 4 is 11.8 Å². The number of rotatable bonds is 5. The van der Waals surface area contributed by atoms with Crippen molar-refractivity contribution in [1.82, 2.24) is 29.9 Å². The molecule has 3 aromatic rings. The molecule has 1 atom stereocenters. The van der Waals surface area contributed by atoms with Crippen LogP contribution in [0, 0.1) is 0 Å². The van der Waals surface area contributed by atoms with E-state index in [9.17, 15) is 0 Å². The Morgan fingerprint density at radius 2 is 2.23 bits per heavy atom. The van der Waals surface area contributed by atoms with E-state index in [1.165, 1.54) is 11.8 Å². The Kier molecular flexibility index (Phi) is 4.19. The summed E-state index contributed by atoms with van der Waals surface area (Å²) in [5.41, 5.74) is 0.933. The highest BCUT2D eigenvalue weighted by atomic mass is 32.2. The van der Waals surface area contributed by atoms with Gasteiger partial charge in [0.25, 0.3) is 0 Å². The number of aromatic nitrogens is 6. The lowest BCUT2D eigenvalue weighted by Gasteiger charge is -2.06. The van der Waals surface area contributed by atoms with Gasteiger partial charge in [-0.05, 0) is 19.1 Å². The van der Waals surface area contributed by atoms with E-state index in [1.807, 2.05) is 37.6 Å². The topological polar surface area (TPSA) is 82.5 Å². The van der Waals surface area contributed by atoms with Gasteiger partial charge in [-0.1, -0.05) is 23.8 Å². The molecule has 0 aliphatic carbocycles. The van der Waals surface area contributed by atoms with Gasteiger partial charge in [0.1, 0.15) is 0 Å². The third-order valence-electron chi connectivity index (χ3n) is 3.18. The Morgan fingerprint density at radius 1 is 1.36 bits per heavy atom. The molecule has 0 spiro atoms. The zero-order chi connectivity index (χ0) is 15.5. The summed E-state index contributed by atoms with van der Waals surface area (Å²) in [7, 11) is 1.93. The third kappa shape index (κ3) is 2.87. The van der Waals surface area contributed by atoms with E-state index < -0.39 is 0 Å². The van der Waals surface area contributed by atoms with Gasteiger partial charge in [-0.25, -0.2) is 0 Å². The number of thioether (sulfide) groups is 1. The third-order valence-corrected chi connectivity index (χ3v) is 4.31. The lowest BCUT2D eigenvalue weighted by molar-refractivity contribution is 0.375. The first-order chi connectivity index (χ1) is 10.7. The summed E-state index contributed by atoms with van der Waals surface area (Å²) in [4.78, 5) is 8.46. The minimum atomic E-state index is 0.0115. The van der Waals surface area contributed by atoms with Crippen LogP contribution in [-0.2, 0) is 13.5 Å². The maximum Gasteiger partial charge on any atom is 0.239 e. The van der Waals surface area contributed by atoms with Crippen LogP contribution in [0.2, 0.25) is 0 Å². The van der Waals surface area contributed by atoms with Crippen molar-refractivity contribution in [2.24, 2.45) is 7.05 Å². The fourth-order valence-corrected chi connectivity index (χ4v) is 2.79. The maximum atomic E-state index is 5.27. The average molecular weight is 316 g/mol. The van der Waals surface area contributed by atoms with E-state index in [0.717, 1.165) is 28.8 Å². The summed E-state index contributed by atoms with van der Waals surface area (Å²) in [5, 5.41) is 13.2. The van der Waals surface area contributed by atoms with Gasteiger partial charge in [0.05, 0.1) is 5.25 Å². The molecule has 8 heteroatoms. The van der Waals surface area contributed by atoms with Crippen molar-refractivity contribution in [3.63, 3.8) is 0 Å².